The quantitative estimate of drug-likeness (QED) is 0.330. The van der Waals surface area contributed by atoms with E-state index in [1.54, 1.807) is 0 Å². The molecular formula is C31H34O2Si. The zero-order valence-corrected chi connectivity index (χ0v) is 21.5. The molecule has 2 nitrogen and oxygen atoms in total. The molecule has 0 N–H and O–H groups in total. The van der Waals surface area contributed by atoms with E-state index in [4.69, 9.17) is 9.16 Å². The van der Waals surface area contributed by atoms with Crippen molar-refractivity contribution in [3.8, 4) is 11.8 Å². The second-order valence-corrected chi connectivity index (χ2v) is 14.1. The highest BCUT2D eigenvalue weighted by Gasteiger charge is 2.50. The second kappa shape index (κ2) is 10.9. The molecule has 1 unspecified atom stereocenters. The number of ether oxygens (including phenoxy) is 1. The Morgan fingerprint density at radius 3 is 2.00 bits per heavy atom. The van der Waals surface area contributed by atoms with Crippen molar-refractivity contribution in [1.82, 2.24) is 0 Å². The Morgan fingerprint density at radius 1 is 0.882 bits per heavy atom. The van der Waals surface area contributed by atoms with Gasteiger partial charge in [0.15, 0.2) is 6.10 Å². The van der Waals surface area contributed by atoms with Crippen molar-refractivity contribution in [2.24, 2.45) is 0 Å². The lowest BCUT2D eigenvalue weighted by Gasteiger charge is -2.42. The molecule has 1 saturated heterocycles. The zero-order chi connectivity index (χ0) is 23.9. The van der Waals surface area contributed by atoms with Gasteiger partial charge in [0, 0.05) is 6.42 Å². The summed E-state index contributed by atoms with van der Waals surface area (Å²) in [6.45, 7) is 7.26. The highest BCUT2D eigenvalue weighted by molar-refractivity contribution is 6.99. The summed E-state index contributed by atoms with van der Waals surface area (Å²) in [4.78, 5) is 0. The van der Waals surface area contributed by atoms with Gasteiger partial charge in [0.25, 0.3) is 8.32 Å². The van der Waals surface area contributed by atoms with Gasteiger partial charge in [-0.2, -0.15) is 0 Å². The second-order valence-electron chi connectivity index (χ2n) is 9.79. The molecule has 0 amide bonds. The molecule has 1 heterocycles. The summed E-state index contributed by atoms with van der Waals surface area (Å²) in [6, 6.07) is 31.7. The minimum absolute atomic E-state index is 0.0513. The van der Waals surface area contributed by atoms with Crippen molar-refractivity contribution in [1.29, 1.82) is 0 Å². The molecule has 1 atom stereocenters. The minimum atomic E-state index is -2.56. The van der Waals surface area contributed by atoms with Crippen LogP contribution in [0.5, 0.6) is 0 Å². The maximum absolute atomic E-state index is 6.87. The van der Waals surface area contributed by atoms with E-state index >= 15 is 0 Å². The van der Waals surface area contributed by atoms with Crippen molar-refractivity contribution >= 4 is 24.8 Å². The number of hydrogen-bond donors (Lipinski definition) is 0. The highest BCUT2D eigenvalue weighted by Crippen LogP contribution is 2.36. The molecule has 4 rings (SSSR count). The van der Waals surface area contributed by atoms with Crippen molar-refractivity contribution < 1.29 is 9.16 Å². The van der Waals surface area contributed by atoms with E-state index < -0.39 is 8.32 Å². The fraction of sp³-hybridized carbons (Fsp3) is 0.290. The molecule has 1 aliphatic rings. The van der Waals surface area contributed by atoms with E-state index in [2.05, 4.69) is 124 Å². The summed E-state index contributed by atoms with van der Waals surface area (Å²) in [7, 11) is -2.56. The lowest BCUT2D eigenvalue weighted by Crippen LogP contribution is -2.66. The summed E-state index contributed by atoms with van der Waals surface area (Å²) in [6.07, 6.45) is 5.07. The van der Waals surface area contributed by atoms with Crippen LogP contribution in [0.15, 0.2) is 96.8 Å². The Hall–Kier alpha value is -3.06. The van der Waals surface area contributed by atoms with Crippen LogP contribution in [-0.4, -0.2) is 21.0 Å². The van der Waals surface area contributed by atoms with Crippen LogP contribution in [0.25, 0.3) is 6.08 Å². The van der Waals surface area contributed by atoms with Gasteiger partial charge in [-0.25, -0.2) is 0 Å². The molecular weight excluding hydrogens is 432 g/mol. The fourth-order valence-electron chi connectivity index (χ4n) is 4.77. The van der Waals surface area contributed by atoms with Crippen LogP contribution in [-0.2, 0) is 9.16 Å². The van der Waals surface area contributed by atoms with E-state index in [0.29, 0.717) is 6.61 Å². The topological polar surface area (TPSA) is 18.5 Å². The summed E-state index contributed by atoms with van der Waals surface area (Å²) in [5, 5.41) is 2.50. The number of rotatable bonds is 5. The predicted octanol–water partition coefficient (Wildman–Crippen LogP) is 6.18. The van der Waals surface area contributed by atoms with Gasteiger partial charge in [-0.15, -0.1) is 0 Å². The number of benzene rings is 3. The van der Waals surface area contributed by atoms with Crippen LogP contribution >= 0.6 is 0 Å². The van der Waals surface area contributed by atoms with Gasteiger partial charge >= 0.3 is 0 Å². The molecule has 0 saturated carbocycles. The van der Waals surface area contributed by atoms with E-state index in [1.807, 2.05) is 6.07 Å². The largest absolute Gasteiger partial charge is 0.482 e. The molecule has 0 aliphatic carbocycles. The van der Waals surface area contributed by atoms with Crippen LogP contribution in [0.4, 0.5) is 0 Å². The highest BCUT2D eigenvalue weighted by atomic mass is 28.4. The summed E-state index contributed by atoms with van der Waals surface area (Å²) in [5.41, 5.74) is 1.17. The summed E-state index contributed by atoms with van der Waals surface area (Å²) < 4.78 is 13.1. The first-order chi connectivity index (χ1) is 16.5. The smallest absolute Gasteiger partial charge is 0.262 e. The van der Waals surface area contributed by atoms with E-state index in [1.165, 1.54) is 15.9 Å². The van der Waals surface area contributed by atoms with Crippen LogP contribution in [0.1, 0.15) is 45.6 Å². The summed E-state index contributed by atoms with van der Waals surface area (Å²) >= 11 is 0. The Labute approximate surface area is 205 Å². The Balaban J connectivity index is 1.54. The Morgan fingerprint density at radius 2 is 1.44 bits per heavy atom. The van der Waals surface area contributed by atoms with Gasteiger partial charge in [-0.1, -0.05) is 124 Å². The van der Waals surface area contributed by atoms with Crippen molar-refractivity contribution in [3.63, 3.8) is 0 Å². The maximum Gasteiger partial charge on any atom is 0.262 e. The van der Waals surface area contributed by atoms with Gasteiger partial charge in [0.2, 0.25) is 0 Å². The van der Waals surface area contributed by atoms with Gasteiger partial charge in [0.05, 0.1) is 12.4 Å². The van der Waals surface area contributed by atoms with Crippen molar-refractivity contribution in [3.05, 3.63) is 102 Å². The lowest BCUT2D eigenvalue weighted by molar-refractivity contribution is 0.118. The first-order valence-corrected chi connectivity index (χ1v) is 14.1. The molecule has 34 heavy (non-hydrogen) atoms. The standard InChI is InChI=1S/C31H34O2Si/c1-31(2,3)34(29-20-9-5-10-21-29,30-22-11-6-12-23-30)32-24-14-19-27-17-13-18-28(33-27)25-26-15-7-4-8-16-26/h4-12,15-16,20-23,25,27H,13,17-18,24H2,1-3H3/b28-25-. The van der Waals surface area contributed by atoms with Crippen LogP contribution in [0, 0.1) is 11.8 Å². The molecule has 0 bridgehead atoms. The van der Waals surface area contributed by atoms with E-state index in [9.17, 15) is 0 Å². The van der Waals surface area contributed by atoms with E-state index in [0.717, 1.165) is 25.0 Å². The minimum Gasteiger partial charge on any atom is -0.482 e. The summed E-state index contributed by atoms with van der Waals surface area (Å²) in [5.74, 6) is 7.68. The molecule has 3 heteroatoms. The average Bonchev–Trinajstić information content (AvgIpc) is 2.85. The molecule has 0 aromatic heterocycles. The first-order valence-electron chi connectivity index (χ1n) is 12.1. The Bertz CT molecular complexity index is 1100. The molecule has 174 valence electrons. The van der Waals surface area contributed by atoms with Crippen LogP contribution in [0.3, 0.4) is 0 Å². The third-order valence-electron chi connectivity index (χ3n) is 6.35. The normalized spacial score (nSPS) is 17.5. The average molecular weight is 467 g/mol. The molecule has 1 fully saturated rings. The molecule has 1 aliphatic heterocycles. The monoisotopic (exact) mass is 466 g/mol. The Kier molecular flexibility index (Phi) is 7.72. The van der Waals surface area contributed by atoms with Crippen molar-refractivity contribution in [2.45, 2.75) is 51.2 Å². The van der Waals surface area contributed by atoms with Gasteiger partial charge in [-0.3, -0.25) is 0 Å². The van der Waals surface area contributed by atoms with Crippen LogP contribution in [0.2, 0.25) is 5.04 Å². The SMILES string of the molecule is CC(C)(C)[Si](OCC#CC1CCC/C(=C/c2ccccc2)O1)(c1ccccc1)c1ccccc1. The van der Waals surface area contributed by atoms with Crippen molar-refractivity contribution in [2.75, 3.05) is 6.61 Å². The van der Waals surface area contributed by atoms with Gasteiger partial charge in [-0.05, 0) is 39.9 Å². The lowest BCUT2D eigenvalue weighted by atomic mass is 10.1. The van der Waals surface area contributed by atoms with Gasteiger partial charge < -0.3 is 9.16 Å². The number of hydrogen-bond acceptors (Lipinski definition) is 2. The van der Waals surface area contributed by atoms with Gasteiger partial charge in [0.1, 0.15) is 0 Å². The number of allylic oxidation sites excluding steroid dienone is 1. The first kappa shape index (κ1) is 24.1. The van der Waals surface area contributed by atoms with E-state index in [-0.39, 0.29) is 11.1 Å². The third-order valence-corrected chi connectivity index (χ3v) is 11.3. The predicted molar refractivity (Wildman–Crippen MR) is 144 cm³/mol. The third kappa shape index (κ3) is 5.52. The molecule has 0 spiro atoms. The fourth-order valence-corrected chi connectivity index (χ4v) is 9.21. The molecule has 3 aromatic carbocycles. The molecule has 0 radical (unpaired) electrons. The zero-order valence-electron chi connectivity index (χ0n) is 20.5. The van der Waals surface area contributed by atoms with Crippen LogP contribution < -0.4 is 10.4 Å². The molecule has 3 aromatic rings. The maximum atomic E-state index is 6.87.